The van der Waals surface area contributed by atoms with Crippen LogP contribution in [0.5, 0.6) is 5.88 Å². The maximum Gasteiger partial charge on any atom is 0.338 e. The van der Waals surface area contributed by atoms with Crippen molar-refractivity contribution in [1.29, 1.82) is 0 Å². The van der Waals surface area contributed by atoms with Gasteiger partial charge in [-0.3, -0.25) is 0 Å². The lowest BCUT2D eigenvalue weighted by Crippen LogP contribution is -2.10. The van der Waals surface area contributed by atoms with E-state index in [0.717, 1.165) is 16.7 Å². The standard InChI is InChI=1S/C15H16N2O3S/c1-10(2)11-5-4-6-12(15(18)19-3)13(11)9-20-14-7-8-17(21)16-14/h4-8,21H,1,9H2,2-3H3. The Hall–Kier alpha value is -2.21. The van der Waals surface area contributed by atoms with Crippen LogP contribution >= 0.6 is 12.8 Å². The first-order valence-corrected chi connectivity index (χ1v) is 6.66. The lowest BCUT2D eigenvalue weighted by molar-refractivity contribution is 0.0597. The second-order valence-electron chi connectivity index (χ2n) is 4.47. The fourth-order valence-corrected chi connectivity index (χ4v) is 2.12. The number of esters is 1. The minimum atomic E-state index is -0.406. The lowest BCUT2D eigenvalue weighted by Gasteiger charge is -2.13. The Balaban J connectivity index is 2.34. The van der Waals surface area contributed by atoms with E-state index in [-0.39, 0.29) is 6.61 Å². The van der Waals surface area contributed by atoms with E-state index in [4.69, 9.17) is 9.47 Å². The van der Waals surface area contributed by atoms with Crippen molar-refractivity contribution < 1.29 is 14.3 Å². The highest BCUT2D eigenvalue weighted by atomic mass is 32.1. The molecule has 0 aliphatic heterocycles. The summed E-state index contributed by atoms with van der Waals surface area (Å²) in [4.78, 5) is 11.9. The number of rotatable bonds is 5. The molecule has 0 spiro atoms. The first kappa shape index (κ1) is 15.2. The van der Waals surface area contributed by atoms with Crippen LogP contribution < -0.4 is 4.74 Å². The average Bonchev–Trinajstić information content (AvgIpc) is 2.89. The molecule has 2 aromatic rings. The third-order valence-corrected chi connectivity index (χ3v) is 3.18. The number of thiol groups is 1. The minimum absolute atomic E-state index is 0.193. The summed E-state index contributed by atoms with van der Waals surface area (Å²) in [5.74, 6) is 0.0220. The molecule has 0 amide bonds. The average molecular weight is 304 g/mol. The summed E-state index contributed by atoms with van der Waals surface area (Å²) in [5, 5.41) is 4.01. The molecule has 0 unspecified atom stereocenters. The van der Waals surface area contributed by atoms with Crippen LogP contribution in [0.4, 0.5) is 0 Å². The maximum atomic E-state index is 11.9. The van der Waals surface area contributed by atoms with E-state index in [1.54, 1.807) is 24.4 Å². The molecule has 6 heteroatoms. The molecule has 5 nitrogen and oxygen atoms in total. The van der Waals surface area contributed by atoms with E-state index in [1.165, 1.54) is 11.2 Å². The van der Waals surface area contributed by atoms with Gasteiger partial charge in [-0.1, -0.05) is 24.3 Å². The van der Waals surface area contributed by atoms with Crippen LogP contribution in [0.25, 0.3) is 5.57 Å². The van der Waals surface area contributed by atoms with E-state index in [9.17, 15) is 4.79 Å². The summed E-state index contributed by atoms with van der Waals surface area (Å²) in [7, 11) is 1.35. The Morgan fingerprint density at radius 3 is 2.67 bits per heavy atom. The van der Waals surface area contributed by atoms with Crippen molar-refractivity contribution in [2.45, 2.75) is 13.5 Å². The second-order valence-corrected chi connectivity index (χ2v) is 4.88. The SMILES string of the molecule is C=C(C)c1cccc(C(=O)OC)c1COc1ccn(S)n1. The first-order chi connectivity index (χ1) is 10.0. The van der Waals surface area contributed by atoms with Gasteiger partial charge < -0.3 is 9.47 Å². The van der Waals surface area contributed by atoms with E-state index in [0.29, 0.717) is 11.4 Å². The normalized spacial score (nSPS) is 10.2. The Kier molecular flexibility index (Phi) is 4.70. The molecule has 0 N–H and O–H groups in total. The van der Waals surface area contributed by atoms with Gasteiger partial charge in [0.25, 0.3) is 0 Å². The molecule has 2 rings (SSSR count). The van der Waals surface area contributed by atoms with Gasteiger partial charge in [0.15, 0.2) is 0 Å². The molecule has 0 bridgehead atoms. The number of hydrogen-bond donors (Lipinski definition) is 1. The molecule has 0 aliphatic rings. The third-order valence-electron chi connectivity index (χ3n) is 2.96. The Morgan fingerprint density at radius 1 is 1.38 bits per heavy atom. The van der Waals surface area contributed by atoms with Gasteiger partial charge in [-0.15, -0.1) is 5.10 Å². The van der Waals surface area contributed by atoms with E-state index < -0.39 is 5.97 Å². The molecule has 0 atom stereocenters. The zero-order chi connectivity index (χ0) is 15.4. The van der Waals surface area contributed by atoms with Crippen LogP contribution in [0, 0.1) is 0 Å². The molecule has 110 valence electrons. The number of allylic oxidation sites excluding steroid dienone is 1. The summed E-state index contributed by atoms with van der Waals surface area (Å²) in [6.45, 7) is 6.00. The van der Waals surface area contributed by atoms with Crippen molar-refractivity contribution in [2.75, 3.05) is 7.11 Å². The number of methoxy groups -OCH3 is 1. The molecule has 0 aliphatic carbocycles. The molecule has 1 aromatic carbocycles. The highest BCUT2D eigenvalue weighted by Gasteiger charge is 2.16. The zero-order valence-corrected chi connectivity index (χ0v) is 12.8. The molecule has 21 heavy (non-hydrogen) atoms. The quantitative estimate of drug-likeness (QED) is 0.681. The van der Waals surface area contributed by atoms with Crippen molar-refractivity contribution in [3.05, 3.63) is 53.7 Å². The fraction of sp³-hybridized carbons (Fsp3) is 0.200. The van der Waals surface area contributed by atoms with Crippen molar-refractivity contribution in [2.24, 2.45) is 0 Å². The molecule has 1 aromatic heterocycles. The minimum Gasteiger partial charge on any atom is -0.472 e. The van der Waals surface area contributed by atoms with Gasteiger partial charge in [0.1, 0.15) is 6.61 Å². The number of carbonyl (C=O) groups excluding carboxylic acids is 1. The van der Waals surface area contributed by atoms with Gasteiger partial charge in [-0.25, -0.2) is 8.88 Å². The molecule has 0 radical (unpaired) electrons. The van der Waals surface area contributed by atoms with Gasteiger partial charge >= 0.3 is 5.97 Å². The summed E-state index contributed by atoms with van der Waals surface area (Å²) in [5.41, 5.74) is 2.90. The monoisotopic (exact) mass is 304 g/mol. The molecule has 0 fully saturated rings. The van der Waals surface area contributed by atoms with Crippen molar-refractivity contribution in [3.63, 3.8) is 0 Å². The third kappa shape index (κ3) is 3.46. The molecular formula is C15H16N2O3S. The van der Waals surface area contributed by atoms with Crippen molar-refractivity contribution in [1.82, 2.24) is 9.19 Å². The fourth-order valence-electron chi connectivity index (χ4n) is 1.96. The predicted octanol–water partition coefficient (Wildman–Crippen LogP) is 2.97. The van der Waals surface area contributed by atoms with Crippen LogP contribution in [0.3, 0.4) is 0 Å². The van der Waals surface area contributed by atoms with E-state index in [2.05, 4.69) is 24.5 Å². The number of ether oxygens (including phenoxy) is 2. The first-order valence-electron chi connectivity index (χ1n) is 6.26. The Bertz CT molecular complexity index is 679. The highest BCUT2D eigenvalue weighted by Crippen LogP contribution is 2.23. The van der Waals surface area contributed by atoms with Crippen LogP contribution in [0.1, 0.15) is 28.4 Å². The van der Waals surface area contributed by atoms with E-state index >= 15 is 0 Å². The number of benzene rings is 1. The number of nitrogens with zero attached hydrogens (tertiary/aromatic N) is 2. The van der Waals surface area contributed by atoms with Crippen LogP contribution in [-0.2, 0) is 11.3 Å². The topological polar surface area (TPSA) is 53.4 Å². The van der Waals surface area contributed by atoms with Crippen molar-refractivity contribution >= 4 is 24.4 Å². The molecule has 0 saturated carbocycles. The van der Waals surface area contributed by atoms with Gasteiger partial charge in [0.05, 0.1) is 12.7 Å². The summed E-state index contributed by atoms with van der Waals surface area (Å²) >= 11 is 4.04. The Morgan fingerprint density at radius 2 is 2.10 bits per heavy atom. The largest absolute Gasteiger partial charge is 0.472 e. The van der Waals surface area contributed by atoms with Crippen LogP contribution in [0.15, 0.2) is 37.0 Å². The van der Waals surface area contributed by atoms with Gasteiger partial charge in [0, 0.05) is 17.8 Å². The maximum absolute atomic E-state index is 11.9. The van der Waals surface area contributed by atoms with Crippen molar-refractivity contribution in [3.8, 4) is 5.88 Å². The molecular weight excluding hydrogens is 288 g/mol. The lowest BCUT2D eigenvalue weighted by atomic mass is 9.97. The smallest absolute Gasteiger partial charge is 0.338 e. The van der Waals surface area contributed by atoms with Gasteiger partial charge in [-0.2, -0.15) is 0 Å². The highest BCUT2D eigenvalue weighted by molar-refractivity contribution is 7.78. The van der Waals surface area contributed by atoms with Gasteiger partial charge in [-0.05, 0) is 31.4 Å². The number of aromatic nitrogens is 2. The summed E-state index contributed by atoms with van der Waals surface area (Å²) < 4.78 is 11.8. The number of carbonyl (C=O) groups is 1. The summed E-state index contributed by atoms with van der Waals surface area (Å²) in [6, 6.07) is 7.08. The Labute approximate surface area is 128 Å². The molecule has 0 saturated heterocycles. The summed E-state index contributed by atoms with van der Waals surface area (Å²) in [6.07, 6.45) is 1.66. The van der Waals surface area contributed by atoms with Crippen LogP contribution in [0.2, 0.25) is 0 Å². The predicted molar refractivity (Wildman–Crippen MR) is 83.4 cm³/mol. The van der Waals surface area contributed by atoms with Gasteiger partial charge in [0.2, 0.25) is 5.88 Å². The zero-order valence-electron chi connectivity index (χ0n) is 11.9. The van der Waals surface area contributed by atoms with E-state index in [1.807, 2.05) is 13.0 Å². The number of hydrogen-bond acceptors (Lipinski definition) is 5. The second kappa shape index (κ2) is 6.49. The van der Waals surface area contributed by atoms with Crippen LogP contribution in [-0.4, -0.2) is 22.3 Å². The molecule has 1 heterocycles.